The van der Waals surface area contributed by atoms with Crippen LogP contribution in [0.25, 0.3) is 0 Å². The number of benzene rings is 1. The number of hydrogen-bond donors (Lipinski definition) is 1. The average molecular weight is 286 g/mol. The molecule has 2 atom stereocenters. The van der Waals surface area contributed by atoms with Gasteiger partial charge in [0.25, 0.3) is 0 Å². The average Bonchev–Trinajstić information content (AvgIpc) is 2.65. The molecule has 1 aliphatic carbocycles. The molecule has 1 saturated heterocycles. The van der Waals surface area contributed by atoms with Gasteiger partial charge in [-0.3, -0.25) is 10.1 Å². The highest BCUT2D eigenvalue weighted by Gasteiger charge is 2.42. The van der Waals surface area contributed by atoms with E-state index in [1.54, 1.807) is 0 Å². The van der Waals surface area contributed by atoms with Crippen LogP contribution in [0.2, 0.25) is 0 Å². The van der Waals surface area contributed by atoms with Crippen LogP contribution in [0.1, 0.15) is 64.3 Å². The van der Waals surface area contributed by atoms with Crippen LogP contribution in [0.4, 0.5) is 0 Å². The van der Waals surface area contributed by atoms with Gasteiger partial charge in [-0.1, -0.05) is 45.0 Å². The highest BCUT2D eigenvalue weighted by Crippen LogP contribution is 2.35. The predicted molar refractivity (Wildman–Crippen MR) is 85.0 cm³/mol. The van der Waals surface area contributed by atoms with Crippen molar-refractivity contribution in [2.24, 2.45) is 0 Å². The Balaban J connectivity index is 1.86. The van der Waals surface area contributed by atoms with Crippen molar-refractivity contribution in [2.45, 2.75) is 70.6 Å². The highest BCUT2D eigenvalue weighted by atomic mass is 16.2. The van der Waals surface area contributed by atoms with E-state index in [9.17, 15) is 4.79 Å². The quantitative estimate of drug-likeness (QED) is 0.904. The molecule has 2 fully saturated rings. The molecule has 114 valence electrons. The number of hydrogen-bond acceptors (Lipinski definition) is 2. The van der Waals surface area contributed by atoms with Crippen molar-refractivity contribution >= 4 is 5.91 Å². The molecule has 3 nitrogen and oxygen atoms in total. The molecule has 0 radical (unpaired) electrons. The molecule has 2 unspecified atom stereocenters. The fourth-order valence-electron chi connectivity index (χ4n) is 3.22. The lowest BCUT2D eigenvalue weighted by Crippen LogP contribution is -2.43. The molecule has 0 bridgehead atoms. The molecule has 0 aromatic heterocycles. The molecule has 1 aliphatic heterocycles. The van der Waals surface area contributed by atoms with Crippen LogP contribution in [0.3, 0.4) is 0 Å². The first-order valence-corrected chi connectivity index (χ1v) is 8.06. The standard InChI is InChI=1S/C18H26N2O/c1-12-17(21)20(15-6-5-7-15)16(19-12)13-8-10-14(11-9-13)18(2,3)4/h8-12,15-16,19H,5-7H2,1-4H3. The number of amides is 1. The zero-order valence-corrected chi connectivity index (χ0v) is 13.5. The van der Waals surface area contributed by atoms with Gasteiger partial charge in [-0.25, -0.2) is 0 Å². The van der Waals surface area contributed by atoms with Crippen molar-refractivity contribution in [1.82, 2.24) is 10.2 Å². The first-order valence-electron chi connectivity index (χ1n) is 8.06. The van der Waals surface area contributed by atoms with Crippen LogP contribution in [-0.2, 0) is 10.2 Å². The Bertz CT molecular complexity index is 525. The lowest BCUT2D eigenvalue weighted by atomic mass is 9.86. The zero-order valence-electron chi connectivity index (χ0n) is 13.5. The van der Waals surface area contributed by atoms with E-state index in [-0.39, 0.29) is 23.5 Å². The van der Waals surface area contributed by atoms with E-state index in [0.717, 1.165) is 12.8 Å². The topological polar surface area (TPSA) is 32.3 Å². The number of nitrogens with one attached hydrogen (secondary N) is 1. The Hall–Kier alpha value is -1.35. The van der Waals surface area contributed by atoms with Crippen LogP contribution in [-0.4, -0.2) is 22.9 Å². The lowest BCUT2D eigenvalue weighted by molar-refractivity contribution is -0.133. The molecule has 1 aromatic carbocycles. The molecule has 21 heavy (non-hydrogen) atoms. The summed E-state index contributed by atoms with van der Waals surface area (Å²) in [5.41, 5.74) is 2.70. The van der Waals surface area contributed by atoms with Crippen LogP contribution in [0.15, 0.2) is 24.3 Å². The Labute approximate surface area is 127 Å². The summed E-state index contributed by atoms with van der Waals surface area (Å²) >= 11 is 0. The third-order valence-corrected chi connectivity index (χ3v) is 4.87. The number of carbonyl (C=O) groups excluding carboxylic acids is 1. The lowest BCUT2D eigenvalue weighted by Gasteiger charge is -2.38. The van der Waals surface area contributed by atoms with Crippen molar-refractivity contribution in [2.75, 3.05) is 0 Å². The molecule has 0 spiro atoms. The molecule has 1 aromatic rings. The van der Waals surface area contributed by atoms with Crippen LogP contribution >= 0.6 is 0 Å². The van der Waals surface area contributed by atoms with Gasteiger partial charge < -0.3 is 4.90 Å². The zero-order chi connectivity index (χ0) is 15.2. The van der Waals surface area contributed by atoms with Crippen molar-refractivity contribution in [3.63, 3.8) is 0 Å². The highest BCUT2D eigenvalue weighted by molar-refractivity contribution is 5.84. The summed E-state index contributed by atoms with van der Waals surface area (Å²) in [4.78, 5) is 14.5. The largest absolute Gasteiger partial charge is 0.319 e. The Kier molecular flexibility index (Phi) is 3.56. The summed E-state index contributed by atoms with van der Waals surface area (Å²) in [7, 11) is 0. The van der Waals surface area contributed by atoms with Crippen LogP contribution in [0, 0.1) is 0 Å². The molecular weight excluding hydrogens is 260 g/mol. The summed E-state index contributed by atoms with van der Waals surface area (Å²) in [5, 5.41) is 3.45. The molecular formula is C18H26N2O. The Morgan fingerprint density at radius 1 is 1.14 bits per heavy atom. The van der Waals surface area contributed by atoms with E-state index in [1.807, 2.05) is 6.92 Å². The van der Waals surface area contributed by atoms with Crippen molar-refractivity contribution in [1.29, 1.82) is 0 Å². The van der Waals surface area contributed by atoms with E-state index in [0.29, 0.717) is 6.04 Å². The van der Waals surface area contributed by atoms with Gasteiger partial charge in [-0.2, -0.15) is 0 Å². The minimum Gasteiger partial charge on any atom is -0.319 e. The first kappa shape index (κ1) is 14.6. The number of rotatable bonds is 2. The maximum atomic E-state index is 12.4. The second-order valence-electron chi connectivity index (χ2n) is 7.49. The number of carbonyl (C=O) groups is 1. The van der Waals surface area contributed by atoms with Gasteiger partial charge >= 0.3 is 0 Å². The normalized spacial score (nSPS) is 27.0. The smallest absolute Gasteiger partial charge is 0.241 e. The van der Waals surface area contributed by atoms with E-state index in [4.69, 9.17) is 0 Å². The van der Waals surface area contributed by atoms with Gasteiger partial charge in [-0.05, 0) is 42.7 Å². The molecule has 1 saturated carbocycles. The van der Waals surface area contributed by atoms with E-state index >= 15 is 0 Å². The third kappa shape index (κ3) is 2.59. The maximum Gasteiger partial charge on any atom is 0.241 e. The fraction of sp³-hybridized carbons (Fsp3) is 0.611. The summed E-state index contributed by atoms with van der Waals surface area (Å²) in [5.74, 6) is 0.254. The summed E-state index contributed by atoms with van der Waals surface area (Å²) in [6.45, 7) is 8.64. The summed E-state index contributed by atoms with van der Waals surface area (Å²) in [6, 6.07) is 9.11. The van der Waals surface area contributed by atoms with Gasteiger partial charge in [0.1, 0.15) is 6.17 Å². The molecule has 3 rings (SSSR count). The van der Waals surface area contributed by atoms with Gasteiger partial charge in [0.05, 0.1) is 6.04 Å². The predicted octanol–water partition coefficient (Wildman–Crippen LogP) is 3.36. The second kappa shape index (κ2) is 5.13. The van der Waals surface area contributed by atoms with E-state index in [1.165, 1.54) is 17.5 Å². The fourth-order valence-corrected chi connectivity index (χ4v) is 3.22. The van der Waals surface area contributed by atoms with Crippen molar-refractivity contribution in [3.8, 4) is 0 Å². The van der Waals surface area contributed by atoms with Gasteiger partial charge in [-0.15, -0.1) is 0 Å². The molecule has 1 amide bonds. The summed E-state index contributed by atoms with van der Waals surface area (Å²) in [6.07, 6.45) is 3.60. The minimum atomic E-state index is -0.0714. The molecule has 1 heterocycles. The van der Waals surface area contributed by atoms with Gasteiger partial charge in [0, 0.05) is 6.04 Å². The van der Waals surface area contributed by atoms with Crippen LogP contribution in [0.5, 0.6) is 0 Å². The Morgan fingerprint density at radius 2 is 1.76 bits per heavy atom. The second-order valence-corrected chi connectivity index (χ2v) is 7.49. The molecule has 2 aliphatic rings. The van der Waals surface area contributed by atoms with Crippen molar-refractivity contribution in [3.05, 3.63) is 35.4 Å². The van der Waals surface area contributed by atoms with Crippen LogP contribution < -0.4 is 5.32 Å². The molecule has 3 heteroatoms. The maximum absolute atomic E-state index is 12.4. The van der Waals surface area contributed by atoms with Gasteiger partial charge in [0.15, 0.2) is 0 Å². The van der Waals surface area contributed by atoms with E-state index in [2.05, 4.69) is 55.3 Å². The SMILES string of the molecule is CC1NC(c2ccc(C(C)(C)C)cc2)N(C2CCC2)C1=O. The first-order chi connectivity index (χ1) is 9.88. The van der Waals surface area contributed by atoms with Gasteiger partial charge in [0.2, 0.25) is 5.91 Å². The third-order valence-electron chi connectivity index (χ3n) is 4.87. The summed E-state index contributed by atoms with van der Waals surface area (Å²) < 4.78 is 0. The Morgan fingerprint density at radius 3 is 2.24 bits per heavy atom. The number of nitrogens with zero attached hydrogens (tertiary/aromatic N) is 1. The van der Waals surface area contributed by atoms with E-state index < -0.39 is 0 Å². The van der Waals surface area contributed by atoms with Crippen molar-refractivity contribution < 1.29 is 4.79 Å². The monoisotopic (exact) mass is 286 g/mol. The molecule has 1 N–H and O–H groups in total. The minimum absolute atomic E-state index is 0.0480.